The Labute approximate surface area is 118 Å². The molecule has 2 heteroatoms. The number of hydrogen-bond donors (Lipinski definition) is 1. The Hall–Kier alpha value is -0.860. The lowest BCUT2D eigenvalue weighted by Crippen LogP contribution is -2.48. The second-order valence-corrected chi connectivity index (χ2v) is 5.71. The fraction of sp³-hybridized carbons (Fsp3) is 0.647. The molecule has 0 bridgehead atoms. The predicted molar refractivity (Wildman–Crippen MR) is 82.5 cm³/mol. The van der Waals surface area contributed by atoms with Gasteiger partial charge in [0.1, 0.15) is 0 Å². The van der Waals surface area contributed by atoms with E-state index in [1.54, 1.807) is 0 Å². The molecule has 0 saturated carbocycles. The molecule has 1 aliphatic rings. The van der Waals surface area contributed by atoms with Crippen molar-refractivity contribution < 1.29 is 0 Å². The molecule has 19 heavy (non-hydrogen) atoms. The number of nitrogens with one attached hydrogen (secondary N) is 1. The maximum atomic E-state index is 3.55. The second-order valence-electron chi connectivity index (χ2n) is 5.71. The third kappa shape index (κ3) is 2.85. The Morgan fingerprint density at radius 2 is 1.95 bits per heavy atom. The quantitative estimate of drug-likeness (QED) is 0.873. The van der Waals surface area contributed by atoms with Gasteiger partial charge in [-0.3, -0.25) is 4.90 Å². The molecular weight excluding hydrogens is 232 g/mol. The SMILES string of the molecule is CCC(CC)N(C)C1CCc2ccccc2C1NC. The van der Waals surface area contributed by atoms with Crippen LogP contribution < -0.4 is 5.32 Å². The number of nitrogens with zero attached hydrogens (tertiary/aromatic N) is 1. The van der Waals surface area contributed by atoms with Crippen LogP contribution in [0.4, 0.5) is 0 Å². The maximum Gasteiger partial charge on any atom is 0.0478 e. The average molecular weight is 260 g/mol. The third-order valence-electron chi connectivity index (χ3n) is 4.84. The number of fused-ring (bicyclic) bond motifs is 1. The van der Waals surface area contributed by atoms with E-state index in [2.05, 4.69) is 62.4 Å². The minimum absolute atomic E-state index is 0.468. The highest BCUT2D eigenvalue weighted by molar-refractivity contribution is 5.34. The molecule has 1 aromatic carbocycles. The zero-order valence-corrected chi connectivity index (χ0v) is 12.8. The van der Waals surface area contributed by atoms with Gasteiger partial charge >= 0.3 is 0 Å². The van der Waals surface area contributed by atoms with Crippen LogP contribution in [0.15, 0.2) is 24.3 Å². The zero-order chi connectivity index (χ0) is 13.8. The van der Waals surface area contributed by atoms with Gasteiger partial charge in [0.25, 0.3) is 0 Å². The van der Waals surface area contributed by atoms with Crippen molar-refractivity contribution >= 4 is 0 Å². The monoisotopic (exact) mass is 260 g/mol. The Balaban J connectivity index is 2.24. The first-order valence-electron chi connectivity index (χ1n) is 7.69. The first-order valence-corrected chi connectivity index (χ1v) is 7.69. The fourth-order valence-electron chi connectivity index (χ4n) is 3.66. The molecule has 0 aromatic heterocycles. The summed E-state index contributed by atoms with van der Waals surface area (Å²) in [7, 11) is 4.40. The molecule has 0 aliphatic heterocycles. The van der Waals surface area contributed by atoms with Gasteiger partial charge in [-0.25, -0.2) is 0 Å². The van der Waals surface area contributed by atoms with E-state index in [4.69, 9.17) is 0 Å². The summed E-state index contributed by atoms with van der Waals surface area (Å²) in [4.78, 5) is 2.61. The van der Waals surface area contributed by atoms with Crippen molar-refractivity contribution in [2.45, 2.75) is 57.7 Å². The van der Waals surface area contributed by atoms with Crippen LogP contribution in [-0.4, -0.2) is 31.1 Å². The molecule has 1 aromatic rings. The first-order chi connectivity index (χ1) is 9.22. The van der Waals surface area contributed by atoms with E-state index in [1.807, 2.05) is 0 Å². The van der Waals surface area contributed by atoms with Gasteiger partial charge in [-0.1, -0.05) is 38.1 Å². The van der Waals surface area contributed by atoms with E-state index in [9.17, 15) is 0 Å². The van der Waals surface area contributed by atoms with Crippen LogP contribution in [0.25, 0.3) is 0 Å². The number of benzene rings is 1. The van der Waals surface area contributed by atoms with Gasteiger partial charge in [0.15, 0.2) is 0 Å². The highest BCUT2D eigenvalue weighted by Crippen LogP contribution is 2.33. The van der Waals surface area contributed by atoms with Gasteiger partial charge in [-0.05, 0) is 50.9 Å². The molecule has 2 nitrogen and oxygen atoms in total. The van der Waals surface area contributed by atoms with Crippen molar-refractivity contribution in [1.29, 1.82) is 0 Å². The van der Waals surface area contributed by atoms with Crippen LogP contribution in [0.3, 0.4) is 0 Å². The highest BCUT2D eigenvalue weighted by atomic mass is 15.2. The van der Waals surface area contributed by atoms with Gasteiger partial charge in [0.2, 0.25) is 0 Å². The summed E-state index contributed by atoms with van der Waals surface area (Å²) >= 11 is 0. The fourth-order valence-corrected chi connectivity index (χ4v) is 3.66. The summed E-state index contributed by atoms with van der Waals surface area (Å²) in [5.41, 5.74) is 3.02. The molecule has 0 spiro atoms. The summed E-state index contributed by atoms with van der Waals surface area (Å²) in [6.07, 6.45) is 4.95. The summed E-state index contributed by atoms with van der Waals surface area (Å²) < 4.78 is 0. The molecule has 2 rings (SSSR count). The minimum Gasteiger partial charge on any atom is -0.312 e. The lowest BCUT2D eigenvalue weighted by molar-refractivity contribution is 0.119. The summed E-state index contributed by atoms with van der Waals surface area (Å²) in [5, 5.41) is 3.55. The maximum absolute atomic E-state index is 3.55. The molecule has 2 atom stereocenters. The second kappa shape index (κ2) is 6.53. The smallest absolute Gasteiger partial charge is 0.0478 e. The predicted octanol–water partition coefficient (Wildman–Crippen LogP) is 3.38. The van der Waals surface area contributed by atoms with Gasteiger partial charge in [0.05, 0.1) is 0 Å². The van der Waals surface area contributed by atoms with E-state index < -0.39 is 0 Å². The lowest BCUT2D eigenvalue weighted by atomic mass is 9.82. The van der Waals surface area contributed by atoms with Gasteiger partial charge in [0, 0.05) is 18.1 Å². The Kier molecular flexibility index (Phi) is 5.00. The highest BCUT2D eigenvalue weighted by Gasteiger charge is 2.32. The van der Waals surface area contributed by atoms with Crippen LogP contribution >= 0.6 is 0 Å². The molecule has 1 N–H and O–H groups in total. The minimum atomic E-state index is 0.468. The van der Waals surface area contributed by atoms with Crippen molar-refractivity contribution in [2.75, 3.05) is 14.1 Å². The lowest BCUT2D eigenvalue weighted by Gasteiger charge is -2.42. The van der Waals surface area contributed by atoms with Crippen molar-refractivity contribution in [3.8, 4) is 0 Å². The molecule has 0 amide bonds. The van der Waals surface area contributed by atoms with Crippen LogP contribution in [0.5, 0.6) is 0 Å². The van der Waals surface area contributed by atoms with Crippen molar-refractivity contribution in [1.82, 2.24) is 10.2 Å². The van der Waals surface area contributed by atoms with E-state index in [-0.39, 0.29) is 0 Å². The van der Waals surface area contributed by atoms with Crippen molar-refractivity contribution in [2.24, 2.45) is 0 Å². The van der Waals surface area contributed by atoms with Crippen LogP contribution in [0, 0.1) is 0 Å². The normalized spacial score (nSPS) is 22.8. The van der Waals surface area contributed by atoms with E-state index in [0.717, 1.165) is 0 Å². The summed E-state index contributed by atoms with van der Waals surface area (Å²) in [6, 6.07) is 10.7. The average Bonchev–Trinajstić information content (AvgIpc) is 2.47. The first kappa shape index (κ1) is 14.5. The van der Waals surface area contributed by atoms with E-state index in [0.29, 0.717) is 18.1 Å². The number of aryl methyl sites for hydroxylation is 1. The molecule has 0 radical (unpaired) electrons. The molecular formula is C17H28N2. The van der Waals surface area contributed by atoms with Gasteiger partial charge in [-0.15, -0.1) is 0 Å². The van der Waals surface area contributed by atoms with Crippen molar-refractivity contribution in [3.05, 3.63) is 35.4 Å². The van der Waals surface area contributed by atoms with Gasteiger partial charge in [-0.2, -0.15) is 0 Å². The van der Waals surface area contributed by atoms with Crippen LogP contribution in [-0.2, 0) is 6.42 Å². The Morgan fingerprint density at radius 3 is 2.58 bits per heavy atom. The standard InChI is InChI=1S/C17H28N2/c1-5-14(6-2)19(4)16-12-11-13-9-7-8-10-15(13)17(16)18-3/h7-10,14,16-18H,5-6,11-12H2,1-4H3. The molecule has 2 unspecified atom stereocenters. The topological polar surface area (TPSA) is 15.3 Å². The van der Waals surface area contributed by atoms with Crippen molar-refractivity contribution in [3.63, 3.8) is 0 Å². The third-order valence-corrected chi connectivity index (χ3v) is 4.84. The summed E-state index contributed by atoms with van der Waals surface area (Å²) in [6.45, 7) is 4.60. The van der Waals surface area contributed by atoms with Crippen LogP contribution in [0.1, 0.15) is 50.3 Å². The van der Waals surface area contributed by atoms with E-state index >= 15 is 0 Å². The number of rotatable bonds is 5. The Bertz CT molecular complexity index is 398. The molecule has 0 saturated heterocycles. The summed E-state index contributed by atoms with van der Waals surface area (Å²) in [5.74, 6) is 0. The Morgan fingerprint density at radius 1 is 1.26 bits per heavy atom. The van der Waals surface area contributed by atoms with Gasteiger partial charge < -0.3 is 5.32 Å². The molecule has 1 aliphatic carbocycles. The van der Waals surface area contributed by atoms with E-state index in [1.165, 1.54) is 36.8 Å². The molecule has 0 heterocycles. The number of hydrogen-bond acceptors (Lipinski definition) is 2. The zero-order valence-electron chi connectivity index (χ0n) is 12.8. The molecule has 106 valence electrons. The number of likely N-dealkylation sites (N-methyl/N-ethyl adjacent to an activating group) is 2. The van der Waals surface area contributed by atoms with Crippen LogP contribution in [0.2, 0.25) is 0 Å². The largest absolute Gasteiger partial charge is 0.312 e. The molecule has 0 fully saturated rings.